The fraction of sp³-hybridized carbons (Fsp3) is 0.250. The summed E-state index contributed by atoms with van der Waals surface area (Å²) in [5.74, 6) is 2.26. The Labute approximate surface area is 196 Å². The number of nitrogens with one attached hydrogen (secondary N) is 1. The fourth-order valence-corrected chi connectivity index (χ4v) is 3.99. The molecule has 9 heteroatoms. The van der Waals surface area contributed by atoms with Crippen LogP contribution in [-0.4, -0.2) is 52.2 Å². The molecule has 0 spiro atoms. The lowest BCUT2D eigenvalue weighted by molar-refractivity contribution is -0.118. The van der Waals surface area contributed by atoms with Crippen LogP contribution in [0, 0.1) is 6.92 Å². The molecule has 1 amide bonds. The van der Waals surface area contributed by atoms with E-state index < -0.39 is 0 Å². The number of hydrogen-bond acceptors (Lipinski definition) is 7. The minimum Gasteiger partial charge on any atom is -0.493 e. The molecule has 170 valence electrons. The normalized spacial score (nSPS) is 10.9. The molecule has 0 unspecified atom stereocenters. The number of benzene rings is 2. The van der Waals surface area contributed by atoms with Gasteiger partial charge in [0, 0.05) is 12.1 Å². The third kappa shape index (κ3) is 5.43. The number of carbonyl (C=O) groups is 1. The summed E-state index contributed by atoms with van der Waals surface area (Å²) >= 11 is 1.37. The molecule has 8 nitrogen and oxygen atoms in total. The number of fused-ring (bicyclic) bond motifs is 1. The summed E-state index contributed by atoms with van der Waals surface area (Å²) in [6, 6.07) is 17.5. The number of carbonyl (C=O) groups excluding carboxylic acids is 1. The zero-order valence-electron chi connectivity index (χ0n) is 18.7. The second kappa shape index (κ2) is 10.4. The molecule has 0 saturated carbocycles. The van der Waals surface area contributed by atoms with Crippen molar-refractivity contribution in [1.82, 2.24) is 25.1 Å². The first-order valence-corrected chi connectivity index (χ1v) is 11.5. The molecule has 0 aliphatic carbocycles. The Morgan fingerprint density at radius 2 is 1.79 bits per heavy atom. The van der Waals surface area contributed by atoms with Gasteiger partial charge in [0.25, 0.3) is 0 Å². The first-order chi connectivity index (χ1) is 16.1. The second-order valence-electron chi connectivity index (χ2n) is 7.41. The number of nitrogens with zero attached hydrogens (tertiary/aromatic N) is 4. The van der Waals surface area contributed by atoms with Crippen molar-refractivity contribution in [2.45, 2.75) is 18.4 Å². The van der Waals surface area contributed by atoms with E-state index in [4.69, 9.17) is 9.47 Å². The second-order valence-corrected chi connectivity index (χ2v) is 8.40. The minimum atomic E-state index is -0.0510. The van der Waals surface area contributed by atoms with Crippen molar-refractivity contribution in [3.05, 3.63) is 65.7 Å². The van der Waals surface area contributed by atoms with Crippen LogP contribution in [0.1, 0.15) is 11.1 Å². The van der Waals surface area contributed by atoms with E-state index in [9.17, 15) is 4.79 Å². The molecule has 4 aromatic rings. The summed E-state index contributed by atoms with van der Waals surface area (Å²) in [6.07, 6.45) is 0.696. The van der Waals surface area contributed by atoms with Crippen LogP contribution in [0.4, 0.5) is 0 Å². The van der Waals surface area contributed by atoms with Crippen LogP contribution in [0.2, 0.25) is 0 Å². The highest BCUT2D eigenvalue weighted by atomic mass is 32.2. The van der Waals surface area contributed by atoms with Gasteiger partial charge in [0.2, 0.25) is 5.91 Å². The topological polar surface area (TPSA) is 90.6 Å². The molecular formula is C24H25N5O3S. The number of ether oxygens (including phenoxy) is 2. The number of hydrogen-bond donors (Lipinski definition) is 1. The van der Waals surface area contributed by atoms with Crippen molar-refractivity contribution in [1.29, 1.82) is 0 Å². The van der Waals surface area contributed by atoms with Crippen molar-refractivity contribution in [2.75, 3.05) is 26.5 Å². The van der Waals surface area contributed by atoms with Crippen molar-refractivity contribution in [3.8, 4) is 22.9 Å². The molecule has 0 radical (unpaired) electrons. The first-order valence-electron chi connectivity index (χ1n) is 10.5. The summed E-state index contributed by atoms with van der Waals surface area (Å²) in [7, 11) is 3.21. The number of thioether (sulfide) groups is 1. The number of aryl methyl sites for hydroxylation is 1. The molecule has 0 bridgehead atoms. The van der Waals surface area contributed by atoms with Crippen LogP contribution >= 0.6 is 11.8 Å². The SMILES string of the molecule is COc1ccc(CCNC(=O)CSc2ccc3nnc(-c4ccc(C)cc4)n3n2)cc1OC. The van der Waals surface area contributed by atoms with E-state index in [1.54, 1.807) is 18.7 Å². The zero-order chi connectivity index (χ0) is 23.2. The van der Waals surface area contributed by atoms with Crippen LogP contribution in [0.15, 0.2) is 59.6 Å². The van der Waals surface area contributed by atoms with Crippen molar-refractivity contribution in [3.63, 3.8) is 0 Å². The molecule has 1 N–H and O–H groups in total. The van der Waals surface area contributed by atoms with E-state index in [1.165, 1.54) is 17.3 Å². The van der Waals surface area contributed by atoms with Gasteiger partial charge in [-0.15, -0.1) is 10.2 Å². The van der Waals surface area contributed by atoms with E-state index in [-0.39, 0.29) is 11.7 Å². The molecule has 0 saturated heterocycles. The Hall–Kier alpha value is -3.59. The maximum absolute atomic E-state index is 12.3. The molecule has 4 rings (SSSR count). The van der Waals surface area contributed by atoms with Gasteiger partial charge < -0.3 is 14.8 Å². The lowest BCUT2D eigenvalue weighted by Crippen LogP contribution is -2.27. The van der Waals surface area contributed by atoms with Crippen LogP contribution in [0.3, 0.4) is 0 Å². The summed E-state index contributed by atoms with van der Waals surface area (Å²) in [4.78, 5) is 12.3. The molecule has 2 heterocycles. The summed E-state index contributed by atoms with van der Waals surface area (Å²) in [6.45, 7) is 2.57. The number of amides is 1. The summed E-state index contributed by atoms with van der Waals surface area (Å²) in [5.41, 5.74) is 3.84. The van der Waals surface area contributed by atoms with E-state index in [2.05, 4.69) is 20.6 Å². The maximum Gasteiger partial charge on any atom is 0.230 e. The van der Waals surface area contributed by atoms with E-state index in [1.807, 2.05) is 61.5 Å². The predicted molar refractivity (Wildman–Crippen MR) is 128 cm³/mol. The molecule has 0 fully saturated rings. The van der Waals surface area contributed by atoms with Crippen LogP contribution in [0.25, 0.3) is 17.0 Å². The van der Waals surface area contributed by atoms with Gasteiger partial charge in [0.15, 0.2) is 23.0 Å². The largest absolute Gasteiger partial charge is 0.493 e. The standard InChI is InChI=1S/C24H25N5O3S/c1-16-4-7-18(8-5-16)24-27-26-21-10-11-23(28-29(21)24)33-15-22(30)25-13-12-17-6-9-19(31-2)20(14-17)32-3/h4-11,14H,12-13,15H2,1-3H3,(H,25,30). The Morgan fingerprint density at radius 3 is 2.55 bits per heavy atom. The van der Waals surface area contributed by atoms with Gasteiger partial charge in [-0.05, 0) is 43.2 Å². The van der Waals surface area contributed by atoms with Crippen LogP contribution in [0.5, 0.6) is 11.5 Å². The molecule has 2 aromatic heterocycles. The van der Waals surface area contributed by atoms with Crippen LogP contribution < -0.4 is 14.8 Å². The van der Waals surface area contributed by atoms with Gasteiger partial charge in [-0.3, -0.25) is 4.79 Å². The van der Waals surface area contributed by atoms with Crippen molar-refractivity contribution in [2.24, 2.45) is 0 Å². The Balaban J connectivity index is 1.33. The predicted octanol–water partition coefficient (Wildman–Crippen LogP) is 3.57. The van der Waals surface area contributed by atoms with Gasteiger partial charge in [0.05, 0.1) is 20.0 Å². The lowest BCUT2D eigenvalue weighted by Gasteiger charge is -2.10. The van der Waals surface area contributed by atoms with E-state index >= 15 is 0 Å². The van der Waals surface area contributed by atoms with Gasteiger partial charge in [-0.1, -0.05) is 47.7 Å². The zero-order valence-corrected chi connectivity index (χ0v) is 19.6. The maximum atomic E-state index is 12.3. The highest BCUT2D eigenvalue weighted by Crippen LogP contribution is 2.27. The molecular weight excluding hydrogens is 438 g/mol. The Bertz CT molecular complexity index is 1260. The van der Waals surface area contributed by atoms with E-state index in [0.29, 0.717) is 35.9 Å². The Morgan fingerprint density at radius 1 is 1.00 bits per heavy atom. The number of rotatable bonds is 9. The number of aromatic nitrogens is 4. The van der Waals surface area contributed by atoms with Gasteiger partial charge in [0.1, 0.15) is 5.03 Å². The first kappa shape index (κ1) is 22.6. The molecule has 0 aliphatic heterocycles. The molecule has 0 atom stereocenters. The van der Waals surface area contributed by atoms with Gasteiger partial charge in [-0.2, -0.15) is 9.61 Å². The molecule has 33 heavy (non-hydrogen) atoms. The third-order valence-corrected chi connectivity index (χ3v) is 6.00. The minimum absolute atomic E-state index is 0.0510. The third-order valence-electron chi connectivity index (χ3n) is 5.08. The van der Waals surface area contributed by atoms with Crippen molar-refractivity contribution < 1.29 is 14.3 Å². The molecule has 2 aromatic carbocycles. The summed E-state index contributed by atoms with van der Waals surface area (Å²) in [5, 5.41) is 16.8. The fourth-order valence-electron chi connectivity index (χ4n) is 3.30. The van der Waals surface area contributed by atoms with Crippen LogP contribution in [-0.2, 0) is 11.2 Å². The highest BCUT2D eigenvalue weighted by molar-refractivity contribution is 7.99. The average Bonchev–Trinajstić information content (AvgIpc) is 3.26. The average molecular weight is 464 g/mol. The molecule has 0 aliphatic rings. The van der Waals surface area contributed by atoms with E-state index in [0.717, 1.165) is 16.2 Å². The number of methoxy groups -OCH3 is 2. The van der Waals surface area contributed by atoms with Gasteiger partial charge >= 0.3 is 0 Å². The quantitative estimate of drug-likeness (QED) is 0.380. The highest BCUT2D eigenvalue weighted by Gasteiger charge is 2.11. The summed E-state index contributed by atoms with van der Waals surface area (Å²) < 4.78 is 12.3. The lowest BCUT2D eigenvalue weighted by atomic mass is 10.1. The monoisotopic (exact) mass is 463 g/mol. The smallest absolute Gasteiger partial charge is 0.230 e. The van der Waals surface area contributed by atoms with Gasteiger partial charge in [-0.25, -0.2) is 0 Å². The van der Waals surface area contributed by atoms with Crippen molar-refractivity contribution >= 4 is 23.3 Å². The Kier molecular flexibility index (Phi) is 7.09.